The van der Waals surface area contributed by atoms with Gasteiger partial charge in [0, 0.05) is 35.9 Å². The van der Waals surface area contributed by atoms with Crippen LogP contribution in [0, 0.1) is 0 Å². The van der Waals surface area contributed by atoms with E-state index in [-0.39, 0.29) is 11.4 Å². The van der Waals surface area contributed by atoms with Crippen LogP contribution in [0.4, 0.5) is 0 Å². The average Bonchev–Trinajstić information content (AvgIpc) is 3.07. The molecule has 0 atom stereocenters. The van der Waals surface area contributed by atoms with Gasteiger partial charge in [-0.2, -0.15) is 0 Å². The van der Waals surface area contributed by atoms with E-state index in [0.717, 1.165) is 22.0 Å². The molecule has 1 amide bonds. The molecule has 1 N–H and O–H groups in total. The molecule has 0 fully saturated rings. The first kappa shape index (κ1) is 19.4. The molecule has 0 radical (unpaired) electrons. The molecule has 0 bridgehead atoms. The van der Waals surface area contributed by atoms with Crippen LogP contribution < -0.4 is 10.1 Å². The van der Waals surface area contributed by atoms with Gasteiger partial charge in [-0.05, 0) is 52.2 Å². The fourth-order valence-electron chi connectivity index (χ4n) is 2.10. The molecular weight excluding hydrogens is 334 g/mol. The zero-order valence-corrected chi connectivity index (χ0v) is 16.4. The fraction of sp³-hybridized carbons (Fsp3) is 0.474. The monoisotopic (exact) mass is 361 g/mol. The highest BCUT2D eigenvalue weighted by Crippen LogP contribution is 2.24. The maximum atomic E-state index is 12.1. The Morgan fingerprint density at radius 2 is 1.96 bits per heavy atom. The Labute approximate surface area is 154 Å². The van der Waals surface area contributed by atoms with Crippen molar-refractivity contribution in [3.05, 3.63) is 34.7 Å². The highest BCUT2D eigenvalue weighted by molar-refractivity contribution is 7.09. The number of nitrogens with one attached hydrogen (secondary N) is 1. The Morgan fingerprint density at radius 1 is 1.28 bits per heavy atom. The Kier molecular flexibility index (Phi) is 6.56. The van der Waals surface area contributed by atoms with Gasteiger partial charge in [0.1, 0.15) is 5.75 Å². The summed E-state index contributed by atoms with van der Waals surface area (Å²) in [6.07, 6.45) is 1.12. The minimum absolute atomic E-state index is 0.0572. The van der Waals surface area contributed by atoms with Crippen LogP contribution in [0.3, 0.4) is 0 Å². The van der Waals surface area contributed by atoms with Gasteiger partial charge in [-0.25, -0.2) is 4.98 Å². The van der Waals surface area contributed by atoms with Crippen LogP contribution in [0.5, 0.6) is 5.75 Å². The fourth-order valence-corrected chi connectivity index (χ4v) is 2.91. The average molecular weight is 362 g/mol. The Morgan fingerprint density at radius 3 is 2.56 bits per heavy atom. The molecule has 2 rings (SSSR count). The third-order valence-electron chi connectivity index (χ3n) is 4.43. The summed E-state index contributed by atoms with van der Waals surface area (Å²) in [4.78, 5) is 18.8. The van der Waals surface area contributed by atoms with E-state index in [4.69, 9.17) is 4.74 Å². The number of likely N-dealkylation sites (N-methyl/N-ethyl adjacent to an activating group) is 1. The summed E-state index contributed by atoms with van der Waals surface area (Å²) in [5.74, 6) is 0.896. The van der Waals surface area contributed by atoms with Crippen molar-refractivity contribution >= 4 is 17.2 Å². The molecule has 0 unspecified atom stereocenters. The summed E-state index contributed by atoms with van der Waals surface area (Å²) in [6, 6.07) is 7.84. The van der Waals surface area contributed by atoms with Gasteiger partial charge in [0.25, 0.3) is 0 Å². The maximum absolute atomic E-state index is 12.1. The Bertz CT molecular complexity index is 693. The zero-order valence-electron chi connectivity index (χ0n) is 15.6. The summed E-state index contributed by atoms with van der Waals surface area (Å²) in [7, 11) is 5.69. The number of aromatic nitrogens is 1. The van der Waals surface area contributed by atoms with E-state index in [1.807, 2.05) is 43.7 Å². The van der Waals surface area contributed by atoms with Crippen molar-refractivity contribution < 1.29 is 9.53 Å². The second kappa shape index (κ2) is 8.45. The van der Waals surface area contributed by atoms with Gasteiger partial charge < -0.3 is 15.0 Å². The molecule has 0 saturated carbocycles. The molecule has 0 aliphatic heterocycles. The van der Waals surface area contributed by atoms with E-state index in [9.17, 15) is 4.79 Å². The van der Waals surface area contributed by atoms with E-state index < -0.39 is 0 Å². The van der Waals surface area contributed by atoms with Crippen molar-refractivity contribution in [2.75, 3.05) is 27.7 Å². The second-order valence-electron chi connectivity index (χ2n) is 6.84. The molecule has 136 valence electrons. The van der Waals surface area contributed by atoms with Crippen LogP contribution in [0.25, 0.3) is 11.3 Å². The number of hydrogen-bond acceptors (Lipinski definition) is 5. The van der Waals surface area contributed by atoms with Crippen molar-refractivity contribution in [3.63, 3.8) is 0 Å². The predicted octanol–water partition coefficient (Wildman–Crippen LogP) is 3.21. The number of nitrogens with zero attached hydrogens (tertiary/aromatic N) is 2. The van der Waals surface area contributed by atoms with Crippen LogP contribution in [-0.4, -0.2) is 49.1 Å². The molecule has 0 aliphatic carbocycles. The highest BCUT2D eigenvalue weighted by Gasteiger charge is 2.21. The van der Waals surface area contributed by atoms with Crippen molar-refractivity contribution in [1.29, 1.82) is 0 Å². The largest absolute Gasteiger partial charge is 0.497 e. The molecule has 0 aliphatic rings. The smallest absolute Gasteiger partial charge is 0.220 e. The van der Waals surface area contributed by atoms with E-state index in [1.165, 1.54) is 0 Å². The lowest BCUT2D eigenvalue weighted by Gasteiger charge is -2.32. The molecule has 0 spiro atoms. The van der Waals surface area contributed by atoms with Crippen molar-refractivity contribution in [1.82, 2.24) is 15.2 Å². The third-order valence-corrected chi connectivity index (χ3v) is 5.34. The number of carbonyl (C=O) groups excluding carboxylic acids is 1. The lowest BCUT2D eigenvalue weighted by molar-refractivity contribution is -0.121. The lowest BCUT2D eigenvalue weighted by Crippen LogP contribution is -2.48. The number of benzene rings is 1. The minimum Gasteiger partial charge on any atom is -0.497 e. The summed E-state index contributed by atoms with van der Waals surface area (Å²) in [5, 5.41) is 6.02. The molecule has 25 heavy (non-hydrogen) atoms. The molecular formula is C19H27N3O2S. The van der Waals surface area contributed by atoms with Crippen LogP contribution in [0.1, 0.15) is 25.3 Å². The lowest BCUT2D eigenvalue weighted by atomic mass is 10.0. The summed E-state index contributed by atoms with van der Waals surface area (Å²) in [5.41, 5.74) is 1.94. The number of amides is 1. The predicted molar refractivity (Wildman–Crippen MR) is 103 cm³/mol. The molecule has 1 aromatic carbocycles. The van der Waals surface area contributed by atoms with E-state index in [0.29, 0.717) is 19.4 Å². The number of methoxy groups -OCH3 is 1. The Hall–Kier alpha value is -1.92. The second-order valence-corrected chi connectivity index (χ2v) is 7.78. The van der Waals surface area contributed by atoms with Gasteiger partial charge in [-0.1, -0.05) is 0 Å². The van der Waals surface area contributed by atoms with Crippen LogP contribution in [-0.2, 0) is 11.2 Å². The first-order valence-corrected chi connectivity index (χ1v) is 9.23. The third kappa shape index (κ3) is 5.54. The Balaban J connectivity index is 1.85. The molecule has 1 aromatic heterocycles. The number of ether oxygens (including phenoxy) is 1. The first-order chi connectivity index (χ1) is 11.8. The van der Waals surface area contributed by atoms with Gasteiger partial charge in [0.15, 0.2) is 0 Å². The highest BCUT2D eigenvalue weighted by atomic mass is 32.1. The number of carbonyl (C=O) groups is 1. The van der Waals surface area contributed by atoms with Gasteiger partial charge in [0.2, 0.25) is 5.91 Å². The van der Waals surface area contributed by atoms with Crippen molar-refractivity contribution in [2.24, 2.45) is 0 Å². The quantitative estimate of drug-likeness (QED) is 0.784. The van der Waals surface area contributed by atoms with Gasteiger partial charge >= 0.3 is 0 Å². The normalized spacial score (nSPS) is 11.6. The summed E-state index contributed by atoms with van der Waals surface area (Å²) in [6.45, 7) is 4.85. The molecule has 6 heteroatoms. The van der Waals surface area contributed by atoms with Gasteiger partial charge in [-0.15, -0.1) is 11.3 Å². The first-order valence-electron chi connectivity index (χ1n) is 8.35. The minimum atomic E-state index is -0.0572. The van der Waals surface area contributed by atoms with Crippen LogP contribution in [0.2, 0.25) is 0 Å². The van der Waals surface area contributed by atoms with Crippen LogP contribution in [0.15, 0.2) is 29.6 Å². The number of rotatable bonds is 8. The van der Waals surface area contributed by atoms with Gasteiger partial charge in [-0.3, -0.25) is 4.79 Å². The summed E-state index contributed by atoms with van der Waals surface area (Å²) < 4.78 is 5.17. The number of aryl methyl sites for hydroxylation is 1. The molecule has 0 saturated heterocycles. The SMILES string of the molecule is COc1ccc(-c2csc(CCC(=O)NCC(C)(C)N(C)C)n2)cc1. The van der Waals surface area contributed by atoms with Crippen molar-refractivity contribution in [3.8, 4) is 17.0 Å². The van der Waals surface area contributed by atoms with E-state index in [2.05, 4.69) is 29.0 Å². The maximum Gasteiger partial charge on any atom is 0.220 e. The molecule has 5 nitrogen and oxygen atoms in total. The van der Waals surface area contributed by atoms with Crippen LogP contribution >= 0.6 is 11.3 Å². The number of hydrogen-bond donors (Lipinski definition) is 1. The topological polar surface area (TPSA) is 54.5 Å². The standard InChI is InChI=1S/C19H27N3O2S/c1-19(2,22(3)4)13-20-17(23)10-11-18-21-16(12-25-18)14-6-8-15(24-5)9-7-14/h6-9,12H,10-11,13H2,1-5H3,(H,20,23). The van der Waals surface area contributed by atoms with E-state index >= 15 is 0 Å². The molecule has 1 heterocycles. The number of thiazole rings is 1. The summed E-state index contributed by atoms with van der Waals surface area (Å²) >= 11 is 1.59. The molecule has 2 aromatic rings. The zero-order chi connectivity index (χ0) is 18.4. The van der Waals surface area contributed by atoms with Crippen molar-refractivity contribution in [2.45, 2.75) is 32.2 Å². The van der Waals surface area contributed by atoms with Gasteiger partial charge in [0.05, 0.1) is 17.8 Å². The van der Waals surface area contributed by atoms with E-state index in [1.54, 1.807) is 18.4 Å².